The van der Waals surface area contributed by atoms with Gasteiger partial charge >= 0.3 is 21.3 Å². The first-order valence-electron chi connectivity index (χ1n) is 6.71. The highest BCUT2D eigenvalue weighted by atomic mass is 31.3. The van der Waals surface area contributed by atoms with Crippen molar-refractivity contribution in [3.05, 3.63) is 32.6 Å². The third kappa shape index (κ3) is 5.53. The fourth-order valence-electron chi connectivity index (χ4n) is 2.15. The molecule has 15 heteroatoms. The van der Waals surface area contributed by atoms with E-state index in [0.29, 0.717) is 0 Å². The second-order valence-corrected chi connectivity index (χ2v) is 7.83. The van der Waals surface area contributed by atoms with Crippen LogP contribution in [0.2, 0.25) is 0 Å². The predicted molar refractivity (Wildman–Crippen MR) is 78.8 cm³/mol. The summed E-state index contributed by atoms with van der Waals surface area (Å²) in [5, 5.41) is 0. The number of phosphoric acid groups is 2. The highest BCUT2D eigenvalue weighted by Crippen LogP contribution is 2.57. The molecule has 140 valence electrons. The Kier molecular flexibility index (Phi) is 5.92. The molecule has 0 bridgehead atoms. The molecular formula is C10H14N2O11P2. The predicted octanol–water partition coefficient (Wildman–Crippen LogP) is -0.747. The van der Waals surface area contributed by atoms with Gasteiger partial charge in [0, 0.05) is 6.20 Å². The van der Waals surface area contributed by atoms with Crippen molar-refractivity contribution in [3.63, 3.8) is 0 Å². The number of nitrogens with zero attached hydrogens (tertiary/aromatic N) is 1. The Labute approximate surface area is 139 Å². The minimum absolute atomic E-state index is 0.257. The topological polar surface area (TPSA) is 194 Å². The van der Waals surface area contributed by atoms with E-state index in [4.69, 9.17) is 19.4 Å². The molecule has 2 rings (SSSR count). The minimum atomic E-state index is -5.22. The molecule has 0 saturated carbocycles. The van der Waals surface area contributed by atoms with Gasteiger partial charge in [-0.25, -0.2) is 13.9 Å². The zero-order valence-electron chi connectivity index (χ0n) is 12.4. The minimum Gasteiger partial charge on any atom is -0.352 e. The molecule has 0 amide bonds. The number of rotatable bonds is 7. The van der Waals surface area contributed by atoms with Gasteiger partial charge in [-0.05, 0) is 12.8 Å². The van der Waals surface area contributed by atoms with Crippen molar-refractivity contribution in [2.75, 3.05) is 6.61 Å². The Morgan fingerprint density at radius 1 is 1.32 bits per heavy atom. The van der Waals surface area contributed by atoms with Gasteiger partial charge in [-0.2, -0.15) is 4.31 Å². The summed E-state index contributed by atoms with van der Waals surface area (Å²) in [7, 11) is -10.2. The van der Waals surface area contributed by atoms with E-state index >= 15 is 0 Å². The normalized spacial score (nSPS) is 23.3. The maximum atomic E-state index is 11.8. The number of ether oxygens (including phenoxy) is 1. The molecule has 2 heterocycles. The number of aromatic amines is 1. The van der Waals surface area contributed by atoms with E-state index in [1.54, 1.807) is 0 Å². The second kappa shape index (κ2) is 7.44. The van der Waals surface area contributed by atoms with Gasteiger partial charge in [0.1, 0.15) is 6.23 Å². The lowest BCUT2D eigenvalue weighted by molar-refractivity contribution is -0.0244. The molecular weight excluding hydrogens is 386 g/mol. The summed E-state index contributed by atoms with van der Waals surface area (Å²) in [5.74, 6) is 0. The van der Waals surface area contributed by atoms with Gasteiger partial charge in [-0.15, -0.1) is 0 Å². The number of H-pyrrole nitrogens is 1. The number of hydrogen-bond acceptors (Lipinski definition) is 8. The van der Waals surface area contributed by atoms with E-state index in [9.17, 15) is 23.5 Å². The Morgan fingerprint density at radius 2 is 2.00 bits per heavy atom. The highest BCUT2D eigenvalue weighted by molar-refractivity contribution is 7.60. The van der Waals surface area contributed by atoms with E-state index in [1.165, 1.54) is 0 Å². The molecule has 1 aromatic rings. The fraction of sp³-hybridized carbons (Fsp3) is 0.500. The molecule has 0 aliphatic carbocycles. The molecule has 25 heavy (non-hydrogen) atoms. The molecule has 1 fully saturated rings. The van der Waals surface area contributed by atoms with Crippen LogP contribution >= 0.6 is 15.6 Å². The summed E-state index contributed by atoms with van der Waals surface area (Å²) in [4.78, 5) is 62.0. The van der Waals surface area contributed by atoms with Crippen LogP contribution in [-0.4, -0.2) is 43.2 Å². The van der Waals surface area contributed by atoms with Crippen LogP contribution < -0.4 is 11.2 Å². The van der Waals surface area contributed by atoms with Crippen molar-refractivity contribution in [3.8, 4) is 0 Å². The summed E-state index contributed by atoms with van der Waals surface area (Å²) in [6.07, 6.45) is 0.166. The summed E-state index contributed by atoms with van der Waals surface area (Å²) in [6, 6.07) is 0. The number of carbonyl (C=O) groups is 1. The highest BCUT2D eigenvalue weighted by Gasteiger charge is 2.35. The zero-order chi connectivity index (χ0) is 18.8. The largest absolute Gasteiger partial charge is 0.481 e. The maximum Gasteiger partial charge on any atom is 0.481 e. The lowest BCUT2D eigenvalue weighted by Crippen LogP contribution is -2.34. The molecule has 13 nitrogen and oxygen atoms in total. The number of carbonyl (C=O) groups excluding carboxylic acids is 1. The van der Waals surface area contributed by atoms with Crippen molar-refractivity contribution in [2.45, 2.75) is 25.2 Å². The zero-order valence-corrected chi connectivity index (χ0v) is 14.2. The van der Waals surface area contributed by atoms with Gasteiger partial charge in [0.2, 0.25) is 0 Å². The molecule has 1 aliphatic heterocycles. The Morgan fingerprint density at radius 3 is 2.60 bits per heavy atom. The van der Waals surface area contributed by atoms with Crippen LogP contribution in [0.3, 0.4) is 0 Å². The first-order chi connectivity index (χ1) is 11.5. The third-order valence-corrected chi connectivity index (χ3v) is 5.30. The molecule has 1 saturated heterocycles. The average molecular weight is 400 g/mol. The molecule has 0 spiro atoms. The molecule has 1 unspecified atom stereocenters. The lowest BCUT2D eigenvalue weighted by atomic mass is 10.2. The Bertz CT molecular complexity index is 855. The number of nitrogens with one attached hydrogen (secondary N) is 1. The van der Waals surface area contributed by atoms with Crippen molar-refractivity contribution >= 4 is 21.9 Å². The van der Waals surface area contributed by atoms with Crippen molar-refractivity contribution in [1.82, 2.24) is 9.55 Å². The van der Waals surface area contributed by atoms with Gasteiger partial charge in [0.05, 0.1) is 18.3 Å². The van der Waals surface area contributed by atoms with Crippen molar-refractivity contribution in [2.24, 2.45) is 0 Å². The summed E-state index contributed by atoms with van der Waals surface area (Å²) >= 11 is 0. The number of aromatic nitrogens is 2. The monoisotopic (exact) mass is 400 g/mol. The van der Waals surface area contributed by atoms with Crippen molar-refractivity contribution < 1.29 is 42.2 Å². The van der Waals surface area contributed by atoms with Crippen molar-refractivity contribution in [1.29, 1.82) is 0 Å². The Hall–Kier alpha value is -1.43. The third-order valence-electron chi connectivity index (χ3n) is 3.15. The van der Waals surface area contributed by atoms with Gasteiger partial charge in [-0.3, -0.25) is 23.7 Å². The van der Waals surface area contributed by atoms with Crippen LogP contribution in [-0.2, 0) is 22.7 Å². The number of hydrogen-bond donors (Lipinski definition) is 4. The average Bonchev–Trinajstić information content (AvgIpc) is 2.92. The second-order valence-electron chi connectivity index (χ2n) is 5.00. The number of aldehydes is 1. The molecule has 0 radical (unpaired) electrons. The maximum absolute atomic E-state index is 11.8. The van der Waals surface area contributed by atoms with Crippen LogP contribution in [0.15, 0.2) is 15.8 Å². The summed E-state index contributed by atoms with van der Waals surface area (Å²) < 4.78 is 36.3. The quantitative estimate of drug-likeness (QED) is 0.332. The smallest absolute Gasteiger partial charge is 0.352 e. The van der Waals surface area contributed by atoms with Gasteiger partial charge < -0.3 is 19.4 Å². The first-order valence-corrected chi connectivity index (χ1v) is 9.73. The summed E-state index contributed by atoms with van der Waals surface area (Å²) in [6.45, 7) is -0.539. The van der Waals surface area contributed by atoms with Crippen LogP contribution in [0.25, 0.3) is 0 Å². The van der Waals surface area contributed by atoms with Gasteiger partial charge in [-0.1, -0.05) is 0 Å². The van der Waals surface area contributed by atoms with Gasteiger partial charge in [0.15, 0.2) is 6.29 Å². The molecule has 0 aromatic carbocycles. The first kappa shape index (κ1) is 19.9. The standard InChI is InChI=1S/C10H14N2O11P2/c13-4-6-3-12(10(15)11-9(6)14)8-2-1-7(22-8)5-21-25(19,20)23-24(16,17)18/h3-4,7-8H,1-2,5H2,(H,19,20)(H,11,14,15)(H2,16,17,18)/t7-,8+/m0/s1. The van der Waals surface area contributed by atoms with E-state index in [-0.39, 0.29) is 24.7 Å². The number of phosphoric ester groups is 1. The SMILES string of the molecule is O=Cc1cn([C@H]2CC[C@@H](COP(=O)(O)OP(=O)(O)O)O2)c(=O)[nH]c1=O. The van der Waals surface area contributed by atoms with E-state index in [2.05, 4.69) is 8.83 Å². The van der Waals surface area contributed by atoms with Crippen LogP contribution in [0.4, 0.5) is 0 Å². The molecule has 3 atom stereocenters. The summed E-state index contributed by atoms with van der Waals surface area (Å²) in [5.41, 5.74) is -1.93. The molecule has 4 N–H and O–H groups in total. The molecule has 1 aromatic heterocycles. The van der Waals surface area contributed by atoms with Crippen LogP contribution in [0, 0.1) is 0 Å². The van der Waals surface area contributed by atoms with Gasteiger partial charge in [0.25, 0.3) is 5.56 Å². The van der Waals surface area contributed by atoms with Crippen LogP contribution in [0.1, 0.15) is 29.4 Å². The Balaban J connectivity index is 2.02. The van der Waals surface area contributed by atoms with E-state index in [1.807, 2.05) is 4.98 Å². The molecule has 1 aliphatic rings. The van der Waals surface area contributed by atoms with Crippen LogP contribution in [0.5, 0.6) is 0 Å². The lowest BCUT2D eigenvalue weighted by Gasteiger charge is -2.17. The fourth-order valence-corrected chi connectivity index (χ4v) is 3.77. The van der Waals surface area contributed by atoms with E-state index < -0.39 is 45.8 Å². The van der Waals surface area contributed by atoms with E-state index in [0.717, 1.165) is 10.8 Å².